The van der Waals surface area contributed by atoms with Crippen molar-refractivity contribution in [2.24, 2.45) is 34.5 Å². The third kappa shape index (κ3) is 3.01. The summed E-state index contributed by atoms with van der Waals surface area (Å²) in [6.45, 7) is 4.85. The summed E-state index contributed by atoms with van der Waals surface area (Å²) in [5, 5.41) is 19.2. The number of allylic oxidation sites excluding steroid dienone is 2. The van der Waals surface area contributed by atoms with E-state index in [0.717, 1.165) is 38.5 Å². The van der Waals surface area contributed by atoms with Gasteiger partial charge in [0.15, 0.2) is 0 Å². The SMILES string of the molecule is C[C@]1(CCO)[C@H](CC(=O)O)CC[C@@H]2[C@@H]1CC[C@]1(C)C(c3cccnc3)=CC[C@@H]21. The number of fused-ring (bicyclic) bond motifs is 3. The normalized spacial score (nSPS) is 39.8. The molecule has 3 aliphatic rings. The maximum Gasteiger partial charge on any atom is 0.303 e. The molecule has 0 bridgehead atoms. The molecule has 0 unspecified atom stereocenters. The number of nitrogens with zero attached hydrogens (tertiary/aromatic N) is 1. The number of hydrogen-bond donors (Lipinski definition) is 2. The first-order chi connectivity index (χ1) is 13.4. The van der Waals surface area contributed by atoms with Crippen LogP contribution >= 0.6 is 0 Å². The summed E-state index contributed by atoms with van der Waals surface area (Å²) in [6, 6.07) is 4.20. The van der Waals surface area contributed by atoms with Crippen LogP contribution < -0.4 is 0 Å². The first-order valence-electron chi connectivity index (χ1n) is 10.8. The van der Waals surface area contributed by atoms with Gasteiger partial charge >= 0.3 is 5.97 Å². The minimum absolute atomic E-state index is 0.0750. The summed E-state index contributed by atoms with van der Waals surface area (Å²) >= 11 is 0. The number of carboxylic acids is 1. The molecule has 6 atom stereocenters. The molecule has 1 aromatic heterocycles. The van der Waals surface area contributed by atoms with Gasteiger partial charge in [-0.3, -0.25) is 9.78 Å². The molecule has 152 valence electrons. The maximum atomic E-state index is 11.5. The Morgan fingerprint density at radius 1 is 1.25 bits per heavy atom. The van der Waals surface area contributed by atoms with Crippen molar-refractivity contribution in [3.05, 3.63) is 36.2 Å². The van der Waals surface area contributed by atoms with Gasteiger partial charge < -0.3 is 10.2 Å². The summed E-state index contributed by atoms with van der Waals surface area (Å²) in [4.78, 5) is 15.8. The van der Waals surface area contributed by atoms with Crippen molar-refractivity contribution in [1.82, 2.24) is 4.98 Å². The summed E-state index contributed by atoms with van der Waals surface area (Å²) < 4.78 is 0. The molecule has 0 saturated heterocycles. The Morgan fingerprint density at radius 3 is 2.75 bits per heavy atom. The Kier molecular flexibility index (Phi) is 5.11. The molecule has 4 rings (SSSR count). The average Bonchev–Trinajstić information content (AvgIpc) is 3.02. The van der Waals surface area contributed by atoms with Crippen LogP contribution in [0.15, 0.2) is 30.6 Å². The zero-order valence-electron chi connectivity index (χ0n) is 17.1. The number of carboxylic acid groups (broad SMARTS) is 1. The fourth-order valence-electron chi connectivity index (χ4n) is 7.25. The van der Waals surface area contributed by atoms with Crippen LogP contribution in [-0.2, 0) is 4.79 Å². The first kappa shape index (κ1) is 19.6. The van der Waals surface area contributed by atoms with Crippen LogP contribution in [0.5, 0.6) is 0 Å². The zero-order valence-corrected chi connectivity index (χ0v) is 17.1. The van der Waals surface area contributed by atoms with E-state index < -0.39 is 5.97 Å². The van der Waals surface area contributed by atoms with E-state index in [2.05, 4.69) is 31.0 Å². The highest BCUT2D eigenvalue weighted by molar-refractivity contribution is 5.72. The molecule has 1 heterocycles. The van der Waals surface area contributed by atoms with E-state index in [4.69, 9.17) is 0 Å². The Hall–Kier alpha value is -1.68. The predicted molar refractivity (Wildman–Crippen MR) is 109 cm³/mol. The van der Waals surface area contributed by atoms with E-state index in [9.17, 15) is 15.0 Å². The van der Waals surface area contributed by atoms with Gasteiger partial charge in [-0.15, -0.1) is 0 Å². The Balaban J connectivity index is 1.62. The molecule has 1 aromatic rings. The molecular weight excluding hydrogens is 350 g/mol. The Labute approximate surface area is 168 Å². The third-order valence-corrected chi connectivity index (χ3v) is 8.69. The van der Waals surface area contributed by atoms with E-state index in [-0.39, 0.29) is 29.8 Å². The lowest BCUT2D eigenvalue weighted by molar-refractivity contribution is -0.144. The average molecular weight is 384 g/mol. The maximum absolute atomic E-state index is 11.5. The van der Waals surface area contributed by atoms with Gasteiger partial charge in [0, 0.05) is 25.4 Å². The summed E-state index contributed by atoms with van der Waals surface area (Å²) in [5.74, 6) is 1.22. The van der Waals surface area contributed by atoms with Crippen LogP contribution in [0.3, 0.4) is 0 Å². The van der Waals surface area contributed by atoms with E-state index in [1.165, 1.54) is 11.1 Å². The first-order valence-corrected chi connectivity index (χ1v) is 10.8. The van der Waals surface area contributed by atoms with Gasteiger partial charge in [-0.2, -0.15) is 0 Å². The molecular formula is C24H33NO3. The summed E-state index contributed by atoms with van der Waals surface area (Å²) in [5.41, 5.74) is 2.82. The fourth-order valence-corrected chi connectivity index (χ4v) is 7.25. The largest absolute Gasteiger partial charge is 0.481 e. The third-order valence-electron chi connectivity index (χ3n) is 8.69. The van der Waals surface area contributed by atoms with Crippen molar-refractivity contribution in [1.29, 1.82) is 0 Å². The number of aliphatic hydroxyl groups excluding tert-OH is 1. The summed E-state index contributed by atoms with van der Waals surface area (Å²) in [6.07, 6.45) is 12.7. The standard InChI is InChI=1S/C24H33NO3/c1-23(11-13-26)17(14-22(27)28)5-6-18-20-8-7-19(16-4-3-12-25-15-16)24(20,2)10-9-21(18)23/h3-4,7,12,15,17-18,20-21,26H,5-6,8-11,13-14H2,1-2H3,(H,27,28)/t17-,18-,20-,21-,23-,24+/m0/s1. The van der Waals surface area contributed by atoms with Gasteiger partial charge in [-0.05, 0) is 90.2 Å². The number of pyridine rings is 1. The molecule has 0 radical (unpaired) electrons. The van der Waals surface area contributed by atoms with Crippen LogP contribution in [0, 0.1) is 34.5 Å². The van der Waals surface area contributed by atoms with E-state index in [1.54, 1.807) is 0 Å². The minimum Gasteiger partial charge on any atom is -0.481 e. The number of hydrogen-bond acceptors (Lipinski definition) is 3. The smallest absolute Gasteiger partial charge is 0.303 e. The number of aromatic nitrogens is 1. The molecule has 0 spiro atoms. The van der Waals surface area contributed by atoms with Gasteiger partial charge in [0.05, 0.1) is 0 Å². The molecule has 4 nitrogen and oxygen atoms in total. The van der Waals surface area contributed by atoms with Gasteiger partial charge in [0.25, 0.3) is 0 Å². The molecule has 2 saturated carbocycles. The topological polar surface area (TPSA) is 70.4 Å². The molecule has 3 aliphatic carbocycles. The van der Waals surface area contributed by atoms with E-state index >= 15 is 0 Å². The highest BCUT2D eigenvalue weighted by Crippen LogP contribution is 2.66. The van der Waals surface area contributed by atoms with Gasteiger partial charge in [0.2, 0.25) is 0 Å². The molecule has 2 fully saturated rings. The van der Waals surface area contributed by atoms with Crippen LogP contribution in [0.2, 0.25) is 0 Å². The molecule has 0 aromatic carbocycles. The summed E-state index contributed by atoms with van der Waals surface area (Å²) in [7, 11) is 0. The monoisotopic (exact) mass is 383 g/mol. The lowest BCUT2D eigenvalue weighted by Crippen LogP contribution is -2.52. The van der Waals surface area contributed by atoms with Crippen molar-refractivity contribution >= 4 is 11.5 Å². The van der Waals surface area contributed by atoms with Crippen molar-refractivity contribution in [3.63, 3.8) is 0 Å². The van der Waals surface area contributed by atoms with Crippen LogP contribution in [0.1, 0.15) is 64.4 Å². The number of aliphatic hydroxyl groups is 1. The van der Waals surface area contributed by atoms with Crippen molar-refractivity contribution < 1.29 is 15.0 Å². The van der Waals surface area contributed by atoms with E-state index in [1.807, 2.05) is 18.5 Å². The second-order valence-corrected chi connectivity index (χ2v) is 9.78. The minimum atomic E-state index is -0.699. The second kappa shape index (κ2) is 7.29. The van der Waals surface area contributed by atoms with Gasteiger partial charge in [0.1, 0.15) is 0 Å². The van der Waals surface area contributed by atoms with Crippen LogP contribution in [0.25, 0.3) is 5.57 Å². The van der Waals surface area contributed by atoms with Crippen molar-refractivity contribution in [2.45, 2.75) is 58.8 Å². The van der Waals surface area contributed by atoms with Crippen LogP contribution in [-0.4, -0.2) is 27.8 Å². The Bertz CT molecular complexity index is 760. The Morgan fingerprint density at radius 2 is 2.07 bits per heavy atom. The molecule has 0 amide bonds. The zero-order chi connectivity index (χ0) is 19.9. The lowest BCUT2D eigenvalue weighted by atomic mass is 9.46. The van der Waals surface area contributed by atoms with Gasteiger partial charge in [-0.25, -0.2) is 0 Å². The quantitative estimate of drug-likeness (QED) is 0.767. The highest BCUT2D eigenvalue weighted by Gasteiger charge is 2.57. The number of aliphatic carboxylic acids is 1. The lowest BCUT2D eigenvalue weighted by Gasteiger charge is -2.58. The molecule has 28 heavy (non-hydrogen) atoms. The predicted octanol–water partition coefficient (Wildman–Crippen LogP) is 4.79. The molecule has 4 heteroatoms. The highest BCUT2D eigenvalue weighted by atomic mass is 16.4. The second-order valence-electron chi connectivity index (χ2n) is 9.78. The van der Waals surface area contributed by atoms with E-state index in [0.29, 0.717) is 17.8 Å². The molecule has 0 aliphatic heterocycles. The van der Waals surface area contributed by atoms with Gasteiger partial charge in [-0.1, -0.05) is 26.0 Å². The van der Waals surface area contributed by atoms with Crippen LogP contribution in [0.4, 0.5) is 0 Å². The van der Waals surface area contributed by atoms with Crippen molar-refractivity contribution in [2.75, 3.05) is 6.61 Å². The number of carbonyl (C=O) groups is 1. The van der Waals surface area contributed by atoms with Crippen molar-refractivity contribution in [3.8, 4) is 0 Å². The fraction of sp³-hybridized carbons (Fsp3) is 0.667. The molecule has 2 N–H and O–H groups in total. The number of rotatable bonds is 5.